The van der Waals surface area contributed by atoms with E-state index < -0.39 is 17.6 Å². The van der Waals surface area contributed by atoms with Crippen LogP contribution >= 0.6 is 11.8 Å². The van der Waals surface area contributed by atoms with E-state index in [1.54, 1.807) is 28.8 Å². The molecule has 0 aliphatic heterocycles. The summed E-state index contributed by atoms with van der Waals surface area (Å²) >= 11 is 1.03. The number of nitrogens with one attached hydrogen (secondary N) is 1. The lowest BCUT2D eigenvalue weighted by Crippen LogP contribution is -2.28. The van der Waals surface area contributed by atoms with Crippen molar-refractivity contribution in [2.75, 3.05) is 30.7 Å². The Morgan fingerprint density at radius 3 is 2.47 bits per heavy atom. The Morgan fingerprint density at radius 2 is 1.76 bits per heavy atom. The summed E-state index contributed by atoms with van der Waals surface area (Å²) in [5, 5.41) is 3.18. The Kier molecular flexibility index (Phi) is 8.73. The maximum absolute atomic E-state index is 13.2. The number of alkyl halides is 3. The summed E-state index contributed by atoms with van der Waals surface area (Å²) in [5.41, 5.74) is -0.900. The van der Waals surface area contributed by atoms with E-state index in [-0.39, 0.29) is 17.0 Å². The maximum Gasteiger partial charge on any atom is 0.418 e. The van der Waals surface area contributed by atoms with Crippen molar-refractivity contribution in [2.24, 2.45) is 0 Å². The second kappa shape index (κ2) is 11.5. The molecule has 3 rings (SSSR count). The van der Waals surface area contributed by atoms with Crippen LogP contribution in [0.2, 0.25) is 0 Å². The minimum Gasteiger partial charge on any atom is -0.325 e. The zero-order valence-corrected chi connectivity index (χ0v) is 19.9. The molecule has 0 spiro atoms. The molecule has 1 aromatic heterocycles. The fourth-order valence-electron chi connectivity index (χ4n) is 3.60. The van der Waals surface area contributed by atoms with Crippen molar-refractivity contribution in [3.8, 4) is 0 Å². The van der Waals surface area contributed by atoms with Gasteiger partial charge in [0, 0.05) is 6.54 Å². The van der Waals surface area contributed by atoms with Crippen molar-refractivity contribution < 1.29 is 18.0 Å². The van der Waals surface area contributed by atoms with Crippen LogP contribution in [0, 0.1) is 0 Å². The highest BCUT2D eigenvalue weighted by Gasteiger charge is 2.33. The Balaban J connectivity index is 1.79. The van der Waals surface area contributed by atoms with Crippen LogP contribution in [-0.2, 0) is 17.5 Å². The van der Waals surface area contributed by atoms with E-state index in [0.29, 0.717) is 22.6 Å². The molecule has 2 aromatic carbocycles. The van der Waals surface area contributed by atoms with Crippen LogP contribution in [0.3, 0.4) is 0 Å². The van der Waals surface area contributed by atoms with Crippen LogP contribution in [0.5, 0.6) is 0 Å². The molecule has 34 heavy (non-hydrogen) atoms. The van der Waals surface area contributed by atoms with E-state index in [4.69, 9.17) is 0 Å². The number of thioether (sulfide) groups is 1. The molecule has 6 nitrogen and oxygen atoms in total. The number of fused-ring (bicyclic) bond motifs is 1. The molecule has 0 saturated heterocycles. The highest BCUT2D eigenvalue weighted by Crippen LogP contribution is 2.34. The molecule has 0 radical (unpaired) electrons. The van der Waals surface area contributed by atoms with Gasteiger partial charge in [0.15, 0.2) is 5.16 Å². The lowest BCUT2D eigenvalue weighted by atomic mass is 10.1. The Bertz CT molecular complexity index is 1190. The number of amides is 1. The fraction of sp³-hybridized carbons (Fsp3) is 0.375. The summed E-state index contributed by atoms with van der Waals surface area (Å²) in [6.45, 7) is 7.19. The van der Waals surface area contributed by atoms with Crippen molar-refractivity contribution in [3.05, 3.63) is 64.4 Å². The van der Waals surface area contributed by atoms with Crippen LogP contribution < -0.4 is 10.9 Å². The third kappa shape index (κ3) is 6.38. The van der Waals surface area contributed by atoms with Gasteiger partial charge in [-0.25, -0.2) is 4.98 Å². The molecular weight excluding hydrogens is 465 g/mol. The predicted molar refractivity (Wildman–Crippen MR) is 129 cm³/mol. The van der Waals surface area contributed by atoms with Crippen molar-refractivity contribution in [1.82, 2.24) is 14.5 Å². The van der Waals surface area contributed by atoms with E-state index >= 15 is 0 Å². The van der Waals surface area contributed by atoms with Crippen molar-refractivity contribution in [2.45, 2.75) is 38.1 Å². The molecule has 1 heterocycles. The average molecular weight is 493 g/mol. The molecule has 0 aliphatic carbocycles. The van der Waals surface area contributed by atoms with E-state index in [2.05, 4.69) is 29.0 Å². The van der Waals surface area contributed by atoms with Gasteiger partial charge >= 0.3 is 6.18 Å². The summed E-state index contributed by atoms with van der Waals surface area (Å²) in [6, 6.07) is 11.8. The number of rotatable bonds is 10. The van der Waals surface area contributed by atoms with Gasteiger partial charge in [0.25, 0.3) is 5.56 Å². The van der Waals surface area contributed by atoms with Crippen LogP contribution in [0.25, 0.3) is 10.9 Å². The highest BCUT2D eigenvalue weighted by atomic mass is 32.2. The molecule has 1 amide bonds. The van der Waals surface area contributed by atoms with Gasteiger partial charge < -0.3 is 10.2 Å². The molecule has 0 aliphatic rings. The van der Waals surface area contributed by atoms with Gasteiger partial charge in [-0.2, -0.15) is 13.2 Å². The van der Waals surface area contributed by atoms with Crippen LogP contribution in [0.15, 0.2) is 58.5 Å². The number of carbonyl (C=O) groups excluding carboxylic acids is 1. The number of anilines is 1. The molecule has 0 unspecified atom stereocenters. The standard InChI is InChI=1S/C24H27F3N4O2S/c1-3-30(4-2)14-9-15-31-22(33)17-10-5-7-12-19(17)29-23(31)34-16-21(32)28-20-13-8-6-11-18(20)24(25,26)27/h5-8,10-13H,3-4,9,14-16H2,1-2H3,(H,28,32). The van der Waals surface area contributed by atoms with Gasteiger partial charge in [0.1, 0.15) is 0 Å². The Morgan fingerprint density at radius 1 is 1.09 bits per heavy atom. The number of aromatic nitrogens is 2. The summed E-state index contributed by atoms with van der Waals surface area (Å²) in [5.74, 6) is -0.800. The SMILES string of the molecule is CCN(CC)CCCn1c(SCC(=O)Nc2ccccc2C(F)(F)F)nc2ccccc2c1=O. The number of nitrogens with zero attached hydrogens (tertiary/aromatic N) is 3. The van der Waals surface area contributed by atoms with Crippen molar-refractivity contribution in [1.29, 1.82) is 0 Å². The molecule has 0 saturated carbocycles. The molecule has 1 N–H and O–H groups in total. The van der Waals surface area contributed by atoms with Gasteiger partial charge in [-0.15, -0.1) is 0 Å². The lowest BCUT2D eigenvalue weighted by molar-refractivity contribution is -0.137. The second-order valence-electron chi connectivity index (χ2n) is 7.63. The summed E-state index contributed by atoms with van der Waals surface area (Å²) in [6.07, 6.45) is -3.86. The van der Waals surface area contributed by atoms with E-state index in [9.17, 15) is 22.8 Å². The van der Waals surface area contributed by atoms with Gasteiger partial charge in [0.05, 0.1) is 27.9 Å². The fourth-order valence-corrected chi connectivity index (χ4v) is 4.43. The van der Waals surface area contributed by atoms with E-state index in [1.807, 2.05) is 0 Å². The number of carbonyl (C=O) groups is 1. The number of hydrogen-bond acceptors (Lipinski definition) is 5. The monoisotopic (exact) mass is 492 g/mol. The van der Waals surface area contributed by atoms with E-state index in [1.165, 1.54) is 18.2 Å². The first-order valence-corrected chi connectivity index (χ1v) is 12.0. The minimum atomic E-state index is -4.58. The molecule has 3 aromatic rings. The molecule has 0 bridgehead atoms. The zero-order valence-electron chi connectivity index (χ0n) is 19.1. The third-order valence-electron chi connectivity index (χ3n) is 5.42. The first kappa shape index (κ1) is 25.8. The first-order chi connectivity index (χ1) is 16.2. The molecular formula is C24H27F3N4O2S. The average Bonchev–Trinajstić information content (AvgIpc) is 2.81. The Hall–Kier alpha value is -2.85. The maximum atomic E-state index is 13.2. The van der Waals surface area contributed by atoms with Gasteiger partial charge in [-0.3, -0.25) is 14.2 Å². The normalized spacial score (nSPS) is 11.8. The van der Waals surface area contributed by atoms with Gasteiger partial charge in [-0.05, 0) is 50.3 Å². The lowest BCUT2D eigenvalue weighted by Gasteiger charge is -2.19. The molecule has 0 fully saturated rings. The summed E-state index contributed by atoms with van der Waals surface area (Å²) < 4.78 is 41.2. The molecule has 10 heteroatoms. The minimum absolute atomic E-state index is 0.187. The number of benzene rings is 2. The van der Waals surface area contributed by atoms with Crippen molar-refractivity contribution in [3.63, 3.8) is 0 Å². The van der Waals surface area contributed by atoms with Crippen LogP contribution in [0.1, 0.15) is 25.8 Å². The van der Waals surface area contributed by atoms with Gasteiger partial charge in [0.2, 0.25) is 5.91 Å². The predicted octanol–water partition coefficient (Wildman–Crippen LogP) is 4.88. The van der Waals surface area contributed by atoms with Crippen LogP contribution in [0.4, 0.5) is 18.9 Å². The highest BCUT2D eigenvalue weighted by molar-refractivity contribution is 7.99. The van der Waals surface area contributed by atoms with Crippen molar-refractivity contribution >= 4 is 34.3 Å². The largest absolute Gasteiger partial charge is 0.418 e. The Labute approximate surface area is 200 Å². The number of para-hydroxylation sites is 2. The quantitative estimate of drug-likeness (QED) is 0.323. The van der Waals surface area contributed by atoms with E-state index in [0.717, 1.165) is 43.9 Å². The molecule has 0 atom stereocenters. The smallest absolute Gasteiger partial charge is 0.325 e. The zero-order chi connectivity index (χ0) is 24.7. The second-order valence-corrected chi connectivity index (χ2v) is 8.57. The van der Waals surface area contributed by atoms with Gasteiger partial charge in [-0.1, -0.05) is 49.9 Å². The molecule has 182 valence electrons. The summed E-state index contributed by atoms with van der Waals surface area (Å²) in [4.78, 5) is 32.4. The third-order valence-corrected chi connectivity index (χ3v) is 6.39. The first-order valence-electron chi connectivity index (χ1n) is 11.0. The number of hydrogen-bond donors (Lipinski definition) is 1. The topological polar surface area (TPSA) is 67.2 Å². The summed E-state index contributed by atoms with van der Waals surface area (Å²) in [7, 11) is 0. The van der Waals surface area contributed by atoms with Crippen LogP contribution in [-0.4, -0.2) is 45.7 Å². The number of halogens is 3.